The molecular formula is C13H16N2OS. The summed E-state index contributed by atoms with van der Waals surface area (Å²) in [4.78, 5) is 18.0. The van der Waals surface area contributed by atoms with E-state index >= 15 is 0 Å². The zero-order chi connectivity index (χ0) is 12.1. The number of amidine groups is 1. The van der Waals surface area contributed by atoms with Crippen LogP contribution in [0.5, 0.6) is 0 Å². The van der Waals surface area contributed by atoms with E-state index in [1.165, 1.54) is 0 Å². The predicted molar refractivity (Wildman–Crippen MR) is 72.0 cm³/mol. The van der Waals surface area contributed by atoms with Gasteiger partial charge >= 0.3 is 0 Å². The molecule has 0 radical (unpaired) electrons. The van der Waals surface area contributed by atoms with E-state index in [2.05, 4.69) is 11.9 Å². The lowest BCUT2D eigenvalue weighted by Gasteiger charge is -2.15. The standard InChI is InChI=1S/C13H16N2OS/c1-2-8-14-13-15(12(16)10-17-13)9-11-6-4-3-5-7-11/h3-7H,2,8-10H2,1H3. The van der Waals surface area contributed by atoms with Gasteiger partial charge in [-0.1, -0.05) is 49.0 Å². The molecule has 1 aromatic carbocycles. The molecule has 0 aliphatic carbocycles. The minimum absolute atomic E-state index is 0.161. The molecule has 90 valence electrons. The van der Waals surface area contributed by atoms with E-state index in [-0.39, 0.29) is 5.91 Å². The average molecular weight is 248 g/mol. The van der Waals surface area contributed by atoms with Crippen molar-refractivity contribution in [2.24, 2.45) is 4.99 Å². The van der Waals surface area contributed by atoms with Crippen LogP contribution in [0.1, 0.15) is 18.9 Å². The topological polar surface area (TPSA) is 32.7 Å². The highest BCUT2D eigenvalue weighted by Gasteiger charge is 2.27. The molecule has 0 aromatic heterocycles. The monoisotopic (exact) mass is 248 g/mol. The number of amides is 1. The minimum atomic E-state index is 0.161. The number of thioether (sulfide) groups is 1. The number of rotatable bonds is 4. The SMILES string of the molecule is CCCN=C1SCC(=O)N1Cc1ccccc1. The van der Waals surface area contributed by atoms with E-state index in [0.29, 0.717) is 12.3 Å². The maximum Gasteiger partial charge on any atom is 0.239 e. The van der Waals surface area contributed by atoms with Crippen LogP contribution < -0.4 is 0 Å². The van der Waals surface area contributed by atoms with Crippen LogP contribution in [0.4, 0.5) is 0 Å². The molecule has 1 aliphatic rings. The van der Waals surface area contributed by atoms with Gasteiger partial charge in [-0.05, 0) is 12.0 Å². The molecule has 0 atom stereocenters. The van der Waals surface area contributed by atoms with Crippen LogP contribution in [0.3, 0.4) is 0 Å². The van der Waals surface area contributed by atoms with Gasteiger partial charge in [-0.3, -0.25) is 14.7 Å². The largest absolute Gasteiger partial charge is 0.286 e. The number of hydrogen-bond donors (Lipinski definition) is 0. The van der Waals surface area contributed by atoms with Crippen LogP contribution in [0.2, 0.25) is 0 Å². The maximum absolute atomic E-state index is 11.8. The highest BCUT2D eigenvalue weighted by molar-refractivity contribution is 8.15. The van der Waals surface area contributed by atoms with E-state index in [4.69, 9.17) is 0 Å². The summed E-state index contributed by atoms with van der Waals surface area (Å²) in [5, 5.41) is 0.876. The second kappa shape index (κ2) is 5.87. The summed E-state index contributed by atoms with van der Waals surface area (Å²) in [7, 11) is 0. The Morgan fingerprint density at radius 1 is 1.35 bits per heavy atom. The molecule has 17 heavy (non-hydrogen) atoms. The van der Waals surface area contributed by atoms with E-state index in [0.717, 1.165) is 23.7 Å². The Hall–Kier alpha value is -1.29. The summed E-state index contributed by atoms with van der Waals surface area (Å²) in [5.74, 6) is 0.684. The molecule has 1 amide bonds. The first-order chi connectivity index (χ1) is 8.31. The van der Waals surface area contributed by atoms with Crippen LogP contribution in [-0.2, 0) is 11.3 Å². The number of hydrogen-bond acceptors (Lipinski definition) is 3. The molecule has 0 N–H and O–H groups in total. The van der Waals surface area contributed by atoms with E-state index in [9.17, 15) is 4.79 Å². The molecule has 1 fully saturated rings. The molecule has 4 heteroatoms. The highest BCUT2D eigenvalue weighted by Crippen LogP contribution is 2.21. The Morgan fingerprint density at radius 2 is 2.12 bits per heavy atom. The molecule has 0 unspecified atom stereocenters. The number of carbonyl (C=O) groups is 1. The number of aliphatic imine (C=N–C) groups is 1. The van der Waals surface area contributed by atoms with Gasteiger partial charge in [-0.15, -0.1) is 0 Å². The van der Waals surface area contributed by atoms with Crippen molar-refractivity contribution in [1.82, 2.24) is 4.90 Å². The lowest BCUT2D eigenvalue weighted by Crippen LogP contribution is -2.29. The van der Waals surface area contributed by atoms with Crippen LogP contribution in [0.25, 0.3) is 0 Å². The van der Waals surface area contributed by atoms with E-state index in [1.54, 1.807) is 16.7 Å². The van der Waals surface area contributed by atoms with Gasteiger partial charge in [-0.25, -0.2) is 0 Å². The van der Waals surface area contributed by atoms with Crippen LogP contribution in [0, 0.1) is 0 Å². The van der Waals surface area contributed by atoms with Gasteiger partial charge in [0, 0.05) is 6.54 Å². The van der Waals surface area contributed by atoms with Crippen molar-refractivity contribution >= 4 is 22.8 Å². The van der Waals surface area contributed by atoms with Gasteiger partial charge < -0.3 is 0 Å². The smallest absolute Gasteiger partial charge is 0.239 e. The van der Waals surface area contributed by atoms with Gasteiger partial charge in [0.2, 0.25) is 5.91 Å². The first-order valence-corrected chi connectivity index (χ1v) is 6.81. The van der Waals surface area contributed by atoms with Crippen LogP contribution in [-0.4, -0.2) is 28.3 Å². The van der Waals surface area contributed by atoms with Crippen LogP contribution in [0.15, 0.2) is 35.3 Å². The minimum Gasteiger partial charge on any atom is -0.286 e. The van der Waals surface area contributed by atoms with Crippen LogP contribution >= 0.6 is 11.8 Å². The third-order valence-electron chi connectivity index (χ3n) is 2.51. The van der Waals surface area contributed by atoms with Crippen molar-refractivity contribution in [2.75, 3.05) is 12.3 Å². The number of carbonyl (C=O) groups excluding carboxylic acids is 1. The summed E-state index contributed by atoms with van der Waals surface area (Å²) in [5.41, 5.74) is 1.15. The molecule has 1 heterocycles. The number of benzene rings is 1. The Balaban J connectivity index is 2.09. The fourth-order valence-electron chi connectivity index (χ4n) is 1.65. The third kappa shape index (κ3) is 3.09. The lowest BCUT2D eigenvalue weighted by molar-refractivity contribution is -0.124. The fourth-order valence-corrected chi connectivity index (χ4v) is 2.56. The first-order valence-electron chi connectivity index (χ1n) is 5.83. The van der Waals surface area contributed by atoms with Crippen molar-refractivity contribution in [2.45, 2.75) is 19.9 Å². The summed E-state index contributed by atoms with van der Waals surface area (Å²) < 4.78 is 0. The maximum atomic E-state index is 11.8. The molecule has 0 spiro atoms. The summed E-state index contributed by atoms with van der Waals surface area (Å²) >= 11 is 1.54. The second-order valence-corrected chi connectivity index (χ2v) is 4.86. The zero-order valence-electron chi connectivity index (χ0n) is 9.93. The molecule has 0 saturated carbocycles. The molecule has 1 aromatic rings. The Morgan fingerprint density at radius 3 is 2.82 bits per heavy atom. The van der Waals surface area contributed by atoms with Crippen molar-refractivity contribution in [3.05, 3.63) is 35.9 Å². The van der Waals surface area contributed by atoms with Gasteiger partial charge in [-0.2, -0.15) is 0 Å². The summed E-state index contributed by atoms with van der Waals surface area (Å²) in [6.45, 7) is 3.52. The van der Waals surface area contributed by atoms with Gasteiger partial charge in [0.1, 0.15) is 0 Å². The van der Waals surface area contributed by atoms with Gasteiger partial charge in [0.25, 0.3) is 0 Å². The fraction of sp³-hybridized carbons (Fsp3) is 0.385. The quantitative estimate of drug-likeness (QED) is 0.820. The third-order valence-corrected chi connectivity index (χ3v) is 3.51. The molecular weight excluding hydrogens is 232 g/mol. The predicted octanol–water partition coefficient (Wildman–Crippen LogP) is 2.53. The first kappa shape index (κ1) is 12.2. The van der Waals surface area contributed by atoms with Crippen molar-refractivity contribution in [3.8, 4) is 0 Å². The molecule has 0 bridgehead atoms. The molecule has 1 aliphatic heterocycles. The number of nitrogens with zero attached hydrogens (tertiary/aromatic N) is 2. The van der Waals surface area contributed by atoms with Crippen molar-refractivity contribution in [1.29, 1.82) is 0 Å². The van der Waals surface area contributed by atoms with E-state index in [1.807, 2.05) is 30.3 Å². The second-order valence-electron chi connectivity index (χ2n) is 3.92. The average Bonchev–Trinajstić information content (AvgIpc) is 2.70. The summed E-state index contributed by atoms with van der Waals surface area (Å²) in [6, 6.07) is 10.0. The summed E-state index contributed by atoms with van der Waals surface area (Å²) in [6.07, 6.45) is 1.01. The van der Waals surface area contributed by atoms with Crippen molar-refractivity contribution < 1.29 is 4.79 Å². The normalized spacial score (nSPS) is 18.1. The molecule has 2 rings (SSSR count). The Bertz CT molecular complexity index is 417. The Labute approximate surface area is 106 Å². The van der Waals surface area contributed by atoms with Crippen molar-refractivity contribution in [3.63, 3.8) is 0 Å². The lowest BCUT2D eigenvalue weighted by atomic mass is 10.2. The zero-order valence-corrected chi connectivity index (χ0v) is 10.7. The molecule has 3 nitrogen and oxygen atoms in total. The van der Waals surface area contributed by atoms with Gasteiger partial charge in [0.15, 0.2) is 5.17 Å². The highest BCUT2D eigenvalue weighted by atomic mass is 32.2. The van der Waals surface area contributed by atoms with E-state index < -0.39 is 0 Å². The van der Waals surface area contributed by atoms with Gasteiger partial charge in [0.05, 0.1) is 12.3 Å². The Kier molecular flexibility index (Phi) is 4.20. The molecule has 1 saturated heterocycles.